The van der Waals surface area contributed by atoms with Crippen LogP contribution in [0.15, 0.2) is 47.4 Å². The van der Waals surface area contributed by atoms with Crippen LogP contribution in [0.5, 0.6) is 0 Å². The molecule has 1 amide bonds. The minimum absolute atomic E-state index is 0.0953. The first-order valence-corrected chi connectivity index (χ1v) is 13.0. The second-order valence-electron chi connectivity index (χ2n) is 8.66. The van der Waals surface area contributed by atoms with Crippen LogP contribution in [0, 0.1) is 0 Å². The van der Waals surface area contributed by atoms with Crippen molar-refractivity contribution in [2.75, 3.05) is 13.1 Å². The fraction of sp³-hybridized carbons (Fsp3) is 0.480. The molecule has 1 fully saturated rings. The molecule has 2 aromatic carbocycles. The molecule has 0 bridgehead atoms. The van der Waals surface area contributed by atoms with Crippen molar-refractivity contribution >= 4 is 15.9 Å². The molecule has 1 aliphatic carbocycles. The highest BCUT2D eigenvalue weighted by molar-refractivity contribution is 7.89. The number of benzene rings is 2. The Kier molecular flexibility index (Phi) is 6.77. The van der Waals surface area contributed by atoms with Crippen LogP contribution in [-0.2, 0) is 22.9 Å². The lowest BCUT2D eigenvalue weighted by Gasteiger charge is -2.26. The molecule has 2 aromatic rings. The van der Waals surface area contributed by atoms with Crippen LogP contribution >= 0.6 is 0 Å². The second kappa shape index (κ2) is 9.53. The van der Waals surface area contributed by atoms with E-state index in [-0.39, 0.29) is 16.8 Å². The molecule has 4 rings (SSSR count). The van der Waals surface area contributed by atoms with Gasteiger partial charge in [-0.2, -0.15) is 4.31 Å². The Morgan fingerprint density at radius 1 is 0.968 bits per heavy atom. The van der Waals surface area contributed by atoms with Crippen LogP contribution in [0.1, 0.15) is 78.5 Å². The molecule has 1 atom stereocenters. The summed E-state index contributed by atoms with van der Waals surface area (Å²) in [6, 6.07) is 12.9. The topological polar surface area (TPSA) is 66.5 Å². The first kappa shape index (κ1) is 22.0. The summed E-state index contributed by atoms with van der Waals surface area (Å²) in [4.78, 5) is 13.2. The van der Waals surface area contributed by atoms with E-state index in [4.69, 9.17) is 0 Å². The van der Waals surface area contributed by atoms with E-state index in [0.717, 1.165) is 44.1 Å². The summed E-state index contributed by atoms with van der Waals surface area (Å²) < 4.78 is 27.5. The molecule has 5 nitrogen and oxygen atoms in total. The Balaban J connectivity index is 1.52. The molecule has 1 saturated heterocycles. The van der Waals surface area contributed by atoms with E-state index in [9.17, 15) is 13.2 Å². The highest BCUT2D eigenvalue weighted by atomic mass is 32.2. The fourth-order valence-electron chi connectivity index (χ4n) is 4.68. The van der Waals surface area contributed by atoms with Crippen molar-refractivity contribution in [3.05, 3.63) is 64.7 Å². The predicted octanol–water partition coefficient (Wildman–Crippen LogP) is 4.62. The maximum Gasteiger partial charge on any atom is 0.251 e. The number of amides is 1. The van der Waals surface area contributed by atoms with Crippen LogP contribution in [0.25, 0.3) is 0 Å². The van der Waals surface area contributed by atoms with Gasteiger partial charge in [0.1, 0.15) is 0 Å². The van der Waals surface area contributed by atoms with Gasteiger partial charge in [-0.3, -0.25) is 4.79 Å². The minimum Gasteiger partial charge on any atom is -0.345 e. The molecule has 6 heteroatoms. The number of carbonyl (C=O) groups excluding carboxylic acids is 1. The predicted molar refractivity (Wildman–Crippen MR) is 123 cm³/mol. The summed E-state index contributed by atoms with van der Waals surface area (Å²) in [6.07, 6.45) is 8.32. The van der Waals surface area contributed by atoms with Crippen LogP contribution in [0.4, 0.5) is 0 Å². The lowest BCUT2D eigenvalue weighted by Crippen LogP contribution is -2.35. The third kappa shape index (κ3) is 4.85. The summed E-state index contributed by atoms with van der Waals surface area (Å²) in [5.74, 6) is -0.236. The molecule has 0 aromatic heterocycles. The minimum atomic E-state index is -3.56. The van der Waals surface area contributed by atoms with Crippen molar-refractivity contribution in [3.63, 3.8) is 0 Å². The Hall–Kier alpha value is -2.18. The molecular weight excluding hydrogens is 408 g/mol. The van der Waals surface area contributed by atoms with E-state index in [1.54, 1.807) is 18.2 Å². The van der Waals surface area contributed by atoms with Gasteiger partial charge in [0.25, 0.3) is 5.91 Å². The molecule has 2 aliphatic rings. The molecule has 0 radical (unpaired) electrons. The van der Waals surface area contributed by atoms with Crippen molar-refractivity contribution < 1.29 is 13.2 Å². The number of fused-ring (bicyclic) bond motifs is 1. The summed E-state index contributed by atoms with van der Waals surface area (Å²) in [7, 11) is -3.56. The van der Waals surface area contributed by atoms with E-state index in [1.165, 1.54) is 34.3 Å². The Bertz CT molecular complexity index is 1040. The standard InChI is InChI=1S/C25H32N2O3S/c1-2-24(21-14-13-19-9-4-5-10-20(19)17-21)26-25(28)22-11-8-12-23(18-22)31(29,30)27-15-6-3-7-16-27/h8,11-14,17-18,24H,2-7,9-10,15-16H2,1H3,(H,26,28)/t24-/m1/s1. The number of rotatable bonds is 6. The van der Waals surface area contributed by atoms with Crippen molar-refractivity contribution in [2.45, 2.75) is 69.2 Å². The molecule has 31 heavy (non-hydrogen) atoms. The quantitative estimate of drug-likeness (QED) is 0.713. The molecule has 0 spiro atoms. The smallest absolute Gasteiger partial charge is 0.251 e. The number of piperidine rings is 1. The van der Waals surface area contributed by atoms with Gasteiger partial charge in [-0.25, -0.2) is 8.42 Å². The van der Waals surface area contributed by atoms with Crippen molar-refractivity contribution in [2.24, 2.45) is 0 Å². The molecular formula is C25H32N2O3S. The maximum atomic E-state index is 13.0. The van der Waals surface area contributed by atoms with Gasteiger partial charge in [-0.05, 0) is 79.8 Å². The number of aryl methyl sites for hydroxylation is 2. The third-order valence-electron chi connectivity index (χ3n) is 6.54. The van der Waals surface area contributed by atoms with Crippen LogP contribution in [0.2, 0.25) is 0 Å². The van der Waals surface area contributed by atoms with E-state index in [2.05, 4.69) is 30.4 Å². The average molecular weight is 441 g/mol. The lowest BCUT2D eigenvalue weighted by atomic mass is 9.88. The summed E-state index contributed by atoms with van der Waals surface area (Å²) in [5.41, 5.74) is 4.32. The van der Waals surface area contributed by atoms with E-state index < -0.39 is 10.0 Å². The van der Waals surface area contributed by atoms with Gasteiger partial charge in [0.2, 0.25) is 10.0 Å². The van der Waals surface area contributed by atoms with Gasteiger partial charge in [-0.15, -0.1) is 0 Å². The van der Waals surface area contributed by atoms with Crippen molar-refractivity contribution in [3.8, 4) is 0 Å². The summed E-state index contributed by atoms with van der Waals surface area (Å²) in [6.45, 7) is 3.16. The molecule has 1 heterocycles. The zero-order chi connectivity index (χ0) is 21.8. The Labute approximate surface area is 185 Å². The summed E-state index contributed by atoms with van der Waals surface area (Å²) >= 11 is 0. The average Bonchev–Trinajstić information content (AvgIpc) is 2.82. The SMILES string of the molecule is CC[C@@H](NC(=O)c1cccc(S(=O)(=O)N2CCCCC2)c1)c1ccc2c(c1)CCCC2. The van der Waals surface area contributed by atoms with Gasteiger partial charge in [-0.1, -0.05) is 37.6 Å². The first-order valence-electron chi connectivity index (χ1n) is 11.5. The van der Waals surface area contributed by atoms with Gasteiger partial charge in [0, 0.05) is 18.7 Å². The van der Waals surface area contributed by atoms with Gasteiger partial charge in [0.15, 0.2) is 0 Å². The molecule has 166 valence electrons. The lowest BCUT2D eigenvalue weighted by molar-refractivity contribution is 0.0935. The Morgan fingerprint density at radius 3 is 2.45 bits per heavy atom. The monoisotopic (exact) mass is 440 g/mol. The van der Waals surface area contributed by atoms with Gasteiger partial charge >= 0.3 is 0 Å². The van der Waals surface area contributed by atoms with Gasteiger partial charge in [0.05, 0.1) is 10.9 Å². The fourth-order valence-corrected chi connectivity index (χ4v) is 6.25. The van der Waals surface area contributed by atoms with Gasteiger partial charge < -0.3 is 5.32 Å². The van der Waals surface area contributed by atoms with E-state index >= 15 is 0 Å². The molecule has 1 N–H and O–H groups in total. The number of hydrogen-bond donors (Lipinski definition) is 1. The first-order chi connectivity index (χ1) is 15.0. The molecule has 1 aliphatic heterocycles. The normalized spacial score (nSPS) is 18.2. The molecule has 0 saturated carbocycles. The van der Waals surface area contributed by atoms with Crippen molar-refractivity contribution in [1.82, 2.24) is 9.62 Å². The third-order valence-corrected chi connectivity index (χ3v) is 8.43. The zero-order valence-electron chi connectivity index (χ0n) is 18.3. The van der Waals surface area contributed by atoms with Crippen LogP contribution in [0.3, 0.4) is 0 Å². The summed E-state index contributed by atoms with van der Waals surface area (Å²) in [5, 5.41) is 3.12. The number of nitrogens with one attached hydrogen (secondary N) is 1. The largest absolute Gasteiger partial charge is 0.345 e. The number of hydrogen-bond acceptors (Lipinski definition) is 3. The number of carbonyl (C=O) groups is 1. The van der Waals surface area contributed by atoms with E-state index in [1.807, 2.05) is 0 Å². The van der Waals surface area contributed by atoms with Crippen molar-refractivity contribution in [1.29, 1.82) is 0 Å². The van der Waals surface area contributed by atoms with Crippen LogP contribution < -0.4 is 5.32 Å². The molecule has 0 unspecified atom stereocenters. The number of sulfonamides is 1. The second-order valence-corrected chi connectivity index (χ2v) is 10.6. The van der Waals surface area contributed by atoms with E-state index in [0.29, 0.717) is 18.7 Å². The highest BCUT2D eigenvalue weighted by Gasteiger charge is 2.27. The maximum absolute atomic E-state index is 13.0. The highest BCUT2D eigenvalue weighted by Crippen LogP contribution is 2.27. The number of nitrogens with zero attached hydrogens (tertiary/aromatic N) is 1. The van der Waals surface area contributed by atoms with Crippen LogP contribution in [-0.4, -0.2) is 31.7 Å². The zero-order valence-corrected chi connectivity index (χ0v) is 19.1. The Morgan fingerprint density at radius 2 is 1.71 bits per heavy atom.